The molecule has 0 spiro atoms. The first-order valence-corrected chi connectivity index (χ1v) is 8.95. The third-order valence-electron chi connectivity index (χ3n) is 4.43. The molecule has 0 aliphatic carbocycles. The molecule has 2 aromatic rings. The zero-order valence-corrected chi connectivity index (χ0v) is 15.2. The molecule has 0 unspecified atom stereocenters. The lowest BCUT2D eigenvalue weighted by Gasteiger charge is -2.33. The normalized spacial score (nSPS) is 15.9. The van der Waals surface area contributed by atoms with Crippen molar-refractivity contribution < 1.29 is 13.9 Å². The summed E-state index contributed by atoms with van der Waals surface area (Å²) in [7, 11) is 1.63. The van der Waals surface area contributed by atoms with Crippen LogP contribution in [0.15, 0.2) is 40.9 Å². The van der Waals surface area contributed by atoms with Gasteiger partial charge in [-0.2, -0.15) is 0 Å². The van der Waals surface area contributed by atoms with E-state index in [9.17, 15) is 4.79 Å². The van der Waals surface area contributed by atoms with Crippen LogP contribution in [0.5, 0.6) is 0 Å². The Hall–Kier alpha value is -2.22. The van der Waals surface area contributed by atoms with Gasteiger partial charge in [-0.25, -0.2) is 4.98 Å². The number of hydrogen-bond donors (Lipinski definition) is 1. The topological polar surface area (TPSA) is 70.8 Å². The van der Waals surface area contributed by atoms with Crippen molar-refractivity contribution >= 4 is 5.91 Å². The van der Waals surface area contributed by atoms with Crippen LogP contribution in [0.2, 0.25) is 0 Å². The molecule has 1 aliphatic rings. The summed E-state index contributed by atoms with van der Waals surface area (Å²) < 4.78 is 10.8. The van der Waals surface area contributed by atoms with Gasteiger partial charge in [-0.05, 0) is 0 Å². The Balaban J connectivity index is 1.42. The van der Waals surface area contributed by atoms with Crippen molar-refractivity contribution in [2.45, 2.75) is 6.54 Å². The smallest absolute Gasteiger partial charge is 0.234 e. The largest absolute Gasteiger partial charge is 0.439 e. The molecule has 2 heterocycles. The van der Waals surface area contributed by atoms with E-state index in [1.54, 1.807) is 13.3 Å². The van der Waals surface area contributed by atoms with Crippen molar-refractivity contribution in [1.82, 2.24) is 20.1 Å². The maximum atomic E-state index is 11.8. The SMILES string of the molecule is COCCNC(=O)CN1CCN(Cc2ncc(-c3ccccc3)o2)CC1. The van der Waals surface area contributed by atoms with Crippen molar-refractivity contribution in [3.8, 4) is 11.3 Å². The highest BCUT2D eigenvalue weighted by molar-refractivity contribution is 5.78. The van der Waals surface area contributed by atoms with E-state index in [-0.39, 0.29) is 5.91 Å². The molecule has 1 N–H and O–H groups in total. The van der Waals surface area contributed by atoms with Crippen LogP contribution in [0.25, 0.3) is 11.3 Å². The summed E-state index contributed by atoms with van der Waals surface area (Å²) in [6.07, 6.45) is 1.78. The van der Waals surface area contributed by atoms with E-state index >= 15 is 0 Å². The number of nitrogens with one attached hydrogen (secondary N) is 1. The van der Waals surface area contributed by atoms with Crippen molar-refractivity contribution in [3.63, 3.8) is 0 Å². The van der Waals surface area contributed by atoms with Gasteiger partial charge in [0, 0.05) is 45.4 Å². The fourth-order valence-electron chi connectivity index (χ4n) is 2.97. The number of rotatable bonds is 8. The summed E-state index contributed by atoms with van der Waals surface area (Å²) in [4.78, 5) is 20.7. The Morgan fingerprint density at radius 1 is 1.19 bits per heavy atom. The summed E-state index contributed by atoms with van der Waals surface area (Å²) in [6, 6.07) is 9.99. The van der Waals surface area contributed by atoms with Crippen LogP contribution in [0.3, 0.4) is 0 Å². The third kappa shape index (κ3) is 5.39. The number of carbonyl (C=O) groups is 1. The molecule has 26 heavy (non-hydrogen) atoms. The number of methoxy groups -OCH3 is 1. The fraction of sp³-hybridized carbons (Fsp3) is 0.474. The maximum absolute atomic E-state index is 11.8. The van der Waals surface area contributed by atoms with Crippen LogP contribution in [0.4, 0.5) is 0 Å². The minimum Gasteiger partial charge on any atom is -0.439 e. The second-order valence-electron chi connectivity index (χ2n) is 6.38. The van der Waals surface area contributed by atoms with Gasteiger partial charge < -0.3 is 14.5 Å². The number of benzene rings is 1. The first-order chi connectivity index (χ1) is 12.7. The van der Waals surface area contributed by atoms with Gasteiger partial charge in [0.25, 0.3) is 0 Å². The molecule has 1 aliphatic heterocycles. The van der Waals surface area contributed by atoms with E-state index in [2.05, 4.69) is 20.1 Å². The lowest BCUT2D eigenvalue weighted by molar-refractivity contribution is -0.122. The molecule has 0 atom stereocenters. The van der Waals surface area contributed by atoms with Crippen LogP contribution >= 0.6 is 0 Å². The van der Waals surface area contributed by atoms with Crippen LogP contribution in [0.1, 0.15) is 5.89 Å². The van der Waals surface area contributed by atoms with E-state index < -0.39 is 0 Å². The van der Waals surface area contributed by atoms with E-state index in [1.807, 2.05) is 30.3 Å². The minimum atomic E-state index is 0.0516. The molecule has 1 amide bonds. The van der Waals surface area contributed by atoms with Gasteiger partial charge in [0.15, 0.2) is 5.76 Å². The van der Waals surface area contributed by atoms with Gasteiger partial charge in [-0.1, -0.05) is 30.3 Å². The van der Waals surface area contributed by atoms with Gasteiger partial charge >= 0.3 is 0 Å². The van der Waals surface area contributed by atoms with Crippen LogP contribution in [0, 0.1) is 0 Å². The van der Waals surface area contributed by atoms with E-state index in [4.69, 9.17) is 9.15 Å². The number of aromatic nitrogens is 1. The van der Waals surface area contributed by atoms with Crippen molar-refractivity contribution in [3.05, 3.63) is 42.4 Å². The van der Waals surface area contributed by atoms with Gasteiger partial charge in [0.2, 0.25) is 11.8 Å². The number of hydrogen-bond acceptors (Lipinski definition) is 6. The summed E-state index contributed by atoms with van der Waals surface area (Å²) in [5.74, 6) is 1.58. The first-order valence-electron chi connectivity index (χ1n) is 8.95. The predicted octanol–water partition coefficient (Wildman–Crippen LogP) is 1.22. The standard InChI is InChI=1S/C19H26N4O3/c1-25-12-7-20-18(24)14-22-8-10-23(11-9-22)15-19-21-13-17(26-19)16-5-3-2-4-6-16/h2-6,13H,7-12,14-15H2,1H3,(H,20,24). The molecule has 1 aromatic heterocycles. The van der Waals surface area contributed by atoms with E-state index in [0.717, 1.165) is 43.4 Å². The lowest BCUT2D eigenvalue weighted by Crippen LogP contribution is -2.49. The van der Waals surface area contributed by atoms with Crippen molar-refractivity contribution in [2.75, 3.05) is 53.0 Å². The van der Waals surface area contributed by atoms with Crippen LogP contribution in [-0.2, 0) is 16.1 Å². The number of piperazine rings is 1. The highest BCUT2D eigenvalue weighted by atomic mass is 16.5. The average molecular weight is 358 g/mol. The number of ether oxygens (including phenoxy) is 1. The quantitative estimate of drug-likeness (QED) is 0.716. The highest BCUT2D eigenvalue weighted by Gasteiger charge is 2.20. The van der Waals surface area contributed by atoms with Gasteiger partial charge in [0.05, 0.1) is 25.9 Å². The zero-order valence-electron chi connectivity index (χ0n) is 15.2. The number of carbonyl (C=O) groups excluding carboxylic acids is 1. The zero-order chi connectivity index (χ0) is 18.2. The first kappa shape index (κ1) is 18.6. The molecule has 140 valence electrons. The third-order valence-corrected chi connectivity index (χ3v) is 4.43. The molecule has 3 rings (SSSR count). The van der Waals surface area contributed by atoms with Gasteiger partial charge in [-0.3, -0.25) is 14.6 Å². The monoisotopic (exact) mass is 358 g/mol. The molecule has 1 aromatic carbocycles. The second kappa shape index (κ2) is 9.47. The van der Waals surface area contributed by atoms with E-state index in [1.165, 1.54) is 0 Å². The summed E-state index contributed by atoms with van der Waals surface area (Å²) >= 11 is 0. The maximum Gasteiger partial charge on any atom is 0.234 e. The number of amides is 1. The molecule has 7 nitrogen and oxygen atoms in total. The fourth-order valence-corrected chi connectivity index (χ4v) is 2.97. The van der Waals surface area contributed by atoms with E-state index in [0.29, 0.717) is 26.2 Å². The Morgan fingerprint density at radius 2 is 1.92 bits per heavy atom. The number of nitrogens with zero attached hydrogens (tertiary/aromatic N) is 3. The lowest BCUT2D eigenvalue weighted by atomic mass is 10.2. The van der Waals surface area contributed by atoms with Gasteiger partial charge in [0.1, 0.15) is 0 Å². The Kier molecular flexibility index (Phi) is 6.76. The molecular weight excluding hydrogens is 332 g/mol. The summed E-state index contributed by atoms with van der Waals surface area (Å²) in [5.41, 5.74) is 1.04. The van der Waals surface area contributed by atoms with Crippen LogP contribution < -0.4 is 5.32 Å². The second-order valence-corrected chi connectivity index (χ2v) is 6.38. The summed E-state index contributed by atoms with van der Waals surface area (Å²) in [6.45, 7) is 5.76. The molecule has 0 radical (unpaired) electrons. The molecule has 1 saturated heterocycles. The summed E-state index contributed by atoms with van der Waals surface area (Å²) in [5, 5.41) is 2.86. The minimum absolute atomic E-state index is 0.0516. The van der Waals surface area contributed by atoms with Crippen molar-refractivity contribution in [1.29, 1.82) is 0 Å². The molecule has 0 saturated carbocycles. The molecular formula is C19H26N4O3. The van der Waals surface area contributed by atoms with Crippen molar-refractivity contribution in [2.24, 2.45) is 0 Å². The molecule has 7 heteroatoms. The molecule has 0 bridgehead atoms. The van der Waals surface area contributed by atoms with Crippen LogP contribution in [-0.4, -0.2) is 73.7 Å². The highest BCUT2D eigenvalue weighted by Crippen LogP contribution is 2.20. The number of oxazole rings is 1. The molecule has 1 fully saturated rings. The van der Waals surface area contributed by atoms with Gasteiger partial charge in [-0.15, -0.1) is 0 Å². The average Bonchev–Trinajstić information content (AvgIpc) is 3.13. The Morgan fingerprint density at radius 3 is 2.65 bits per heavy atom. The predicted molar refractivity (Wildman–Crippen MR) is 98.5 cm³/mol. The Labute approximate surface area is 153 Å². The Bertz CT molecular complexity index is 681.